The minimum atomic E-state index is -3.92. The normalized spacial score (nSPS) is 12.8. The molecular weight excluding hydrogens is 506 g/mol. The summed E-state index contributed by atoms with van der Waals surface area (Å²) in [6.45, 7) is 9.51. The average Bonchev–Trinajstić information content (AvgIpc) is 3.60. The number of aromatic nitrogens is 2. The predicted octanol–water partition coefficient (Wildman–Crippen LogP) is 6.50. The maximum atomic E-state index is 9.08. The molecule has 6 nitrogen and oxygen atoms in total. The maximum absolute atomic E-state index is 9.08. The second-order valence-electron chi connectivity index (χ2n) is 9.62. The Labute approximate surface area is 229 Å². The number of aryl methyl sites for hydroxylation is 2. The minimum Gasteiger partial charge on any atom is -0.748 e. The van der Waals surface area contributed by atoms with Crippen LogP contribution in [0.25, 0.3) is 33.0 Å². The Kier molecular flexibility index (Phi) is 7.30. The lowest BCUT2D eigenvalue weighted by molar-refractivity contribution is -0.427. The lowest BCUT2D eigenvalue weighted by atomic mass is 9.90. The maximum Gasteiger partial charge on any atom is 0.213 e. The van der Waals surface area contributed by atoms with Gasteiger partial charge in [-0.3, -0.25) is 0 Å². The first kappa shape index (κ1) is 26.7. The number of benzene rings is 3. The molecule has 3 heterocycles. The Morgan fingerprint density at radius 1 is 0.769 bits per heavy atom. The molecule has 0 aliphatic carbocycles. The molecule has 6 rings (SSSR count). The summed E-state index contributed by atoms with van der Waals surface area (Å²) in [5, 5.41) is 2.61. The summed E-state index contributed by atoms with van der Waals surface area (Å²) in [6, 6.07) is 26.5. The molecule has 0 saturated carbocycles. The third-order valence-electron chi connectivity index (χ3n) is 7.20. The van der Waals surface area contributed by atoms with Crippen LogP contribution in [0.15, 0.2) is 85.2 Å². The third kappa shape index (κ3) is 5.07. The van der Waals surface area contributed by atoms with Gasteiger partial charge in [0, 0.05) is 76.3 Å². The van der Waals surface area contributed by atoms with Gasteiger partial charge >= 0.3 is 0 Å². The molecule has 0 spiro atoms. The van der Waals surface area contributed by atoms with E-state index in [9.17, 15) is 0 Å². The van der Waals surface area contributed by atoms with Crippen LogP contribution in [-0.2, 0) is 23.2 Å². The van der Waals surface area contributed by atoms with Crippen molar-refractivity contribution in [2.45, 2.75) is 33.9 Å². The summed E-state index contributed by atoms with van der Waals surface area (Å²) in [4.78, 5) is 0. The van der Waals surface area contributed by atoms with Crippen LogP contribution >= 0.6 is 0 Å². The van der Waals surface area contributed by atoms with Gasteiger partial charge in [-0.25, -0.2) is 8.42 Å². The molecule has 0 unspecified atom stereocenters. The largest absolute Gasteiger partial charge is 0.748 e. The fourth-order valence-corrected chi connectivity index (χ4v) is 5.56. The van der Waals surface area contributed by atoms with E-state index in [0.29, 0.717) is 6.26 Å². The van der Waals surface area contributed by atoms with Gasteiger partial charge < -0.3 is 13.7 Å². The monoisotopic (exact) mass is 539 g/mol. The van der Waals surface area contributed by atoms with Gasteiger partial charge in [-0.15, -0.1) is 0 Å². The number of allylic oxidation sites excluding steroid dienone is 1. The molecular formula is C32H33N3O3S. The van der Waals surface area contributed by atoms with E-state index in [0.717, 1.165) is 19.6 Å². The first-order chi connectivity index (χ1) is 18.7. The summed E-state index contributed by atoms with van der Waals surface area (Å²) in [5.41, 5.74) is 10.4. The summed E-state index contributed by atoms with van der Waals surface area (Å²) < 4.78 is 34.4. The first-order valence-electron chi connectivity index (χ1n) is 13.3. The Balaban J connectivity index is 0.000000567. The van der Waals surface area contributed by atoms with Crippen molar-refractivity contribution in [3.05, 3.63) is 102 Å². The lowest BCUT2D eigenvalue weighted by Crippen LogP contribution is -2.01. The van der Waals surface area contributed by atoms with E-state index < -0.39 is 10.1 Å². The Morgan fingerprint density at radius 2 is 1.23 bits per heavy atom. The van der Waals surface area contributed by atoms with Crippen molar-refractivity contribution < 1.29 is 17.5 Å². The zero-order valence-electron chi connectivity index (χ0n) is 22.8. The molecule has 200 valence electrons. The highest BCUT2D eigenvalue weighted by Crippen LogP contribution is 2.43. The van der Waals surface area contributed by atoms with Crippen LogP contribution < -0.4 is 0 Å². The molecule has 0 saturated heterocycles. The molecule has 5 aromatic rings. The zero-order chi connectivity index (χ0) is 27.7. The number of hydrogen-bond acceptors (Lipinski definition) is 3. The smallest absolute Gasteiger partial charge is 0.213 e. The summed E-state index contributed by atoms with van der Waals surface area (Å²) in [7, 11) is -3.92. The average molecular weight is 540 g/mol. The van der Waals surface area contributed by atoms with Crippen molar-refractivity contribution in [2.75, 3.05) is 12.8 Å². The minimum absolute atomic E-state index is 0.604. The zero-order valence-corrected chi connectivity index (χ0v) is 23.6. The molecule has 7 heteroatoms. The summed E-state index contributed by atoms with van der Waals surface area (Å²) >= 11 is 0. The van der Waals surface area contributed by atoms with Crippen molar-refractivity contribution in [1.82, 2.24) is 9.13 Å². The van der Waals surface area contributed by atoms with Crippen molar-refractivity contribution >= 4 is 55.0 Å². The van der Waals surface area contributed by atoms with Gasteiger partial charge in [0.2, 0.25) is 5.69 Å². The van der Waals surface area contributed by atoms with E-state index >= 15 is 0 Å². The van der Waals surface area contributed by atoms with Gasteiger partial charge in [-0.1, -0.05) is 48.5 Å². The van der Waals surface area contributed by atoms with E-state index in [4.69, 9.17) is 13.0 Å². The topological polar surface area (TPSA) is 70.1 Å². The van der Waals surface area contributed by atoms with Crippen LogP contribution in [0.2, 0.25) is 0 Å². The van der Waals surface area contributed by atoms with E-state index in [2.05, 4.69) is 126 Å². The number of nitrogens with zero attached hydrogens (tertiary/aromatic N) is 3. The molecule has 0 amide bonds. The highest BCUT2D eigenvalue weighted by molar-refractivity contribution is 7.84. The predicted molar refractivity (Wildman–Crippen MR) is 160 cm³/mol. The van der Waals surface area contributed by atoms with Crippen LogP contribution in [0.3, 0.4) is 0 Å². The van der Waals surface area contributed by atoms with Gasteiger partial charge in [0.15, 0.2) is 6.21 Å². The second-order valence-corrected chi connectivity index (χ2v) is 11.0. The number of hydrogen-bond donors (Lipinski definition) is 0. The number of rotatable bonds is 5. The molecule has 0 radical (unpaired) electrons. The Morgan fingerprint density at radius 3 is 1.72 bits per heavy atom. The molecule has 3 aromatic carbocycles. The molecule has 2 aromatic heterocycles. The Hall–Kier alpha value is -3.94. The van der Waals surface area contributed by atoms with Crippen LogP contribution in [0.5, 0.6) is 0 Å². The van der Waals surface area contributed by atoms with Crippen molar-refractivity contribution in [3.63, 3.8) is 0 Å². The van der Waals surface area contributed by atoms with Gasteiger partial charge in [0.1, 0.15) is 6.54 Å². The van der Waals surface area contributed by atoms with E-state index in [1.54, 1.807) is 0 Å². The first-order valence-corrected chi connectivity index (χ1v) is 15.1. The second kappa shape index (κ2) is 10.7. The fraction of sp³-hybridized carbons (Fsp3) is 0.219. The van der Waals surface area contributed by atoms with Gasteiger partial charge in [-0.05, 0) is 39.0 Å². The van der Waals surface area contributed by atoms with Gasteiger partial charge in [-0.2, -0.15) is 4.58 Å². The highest BCUT2D eigenvalue weighted by Gasteiger charge is 2.30. The van der Waals surface area contributed by atoms with Crippen LogP contribution in [0, 0.1) is 0 Å². The SMILES string of the molecule is CCn1cc(C(=C2C=[N+](CC)c3ccccc32)c2cn(CC)c3ccccc23)c2ccccc21.CS(=O)(=O)[O-]. The molecule has 1 aliphatic heterocycles. The number of para-hydroxylation sites is 3. The van der Waals surface area contributed by atoms with Crippen LogP contribution in [0.4, 0.5) is 5.69 Å². The molecule has 0 N–H and O–H groups in total. The fourth-order valence-electron chi connectivity index (χ4n) is 5.56. The molecule has 0 atom stereocenters. The molecule has 0 bridgehead atoms. The van der Waals surface area contributed by atoms with E-state index in [1.165, 1.54) is 55.3 Å². The quantitative estimate of drug-likeness (QED) is 0.189. The number of fused-ring (bicyclic) bond motifs is 3. The van der Waals surface area contributed by atoms with Crippen LogP contribution in [-0.4, -0.2) is 45.7 Å². The van der Waals surface area contributed by atoms with Crippen LogP contribution in [0.1, 0.15) is 37.5 Å². The lowest BCUT2D eigenvalue weighted by Gasteiger charge is -2.09. The van der Waals surface area contributed by atoms with Crippen molar-refractivity contribution in [3.8, 4) is 0 Å². The standard InChI is InChI=1S/C31H30N3.CH4O3S/c1-4-32-19-25(22-13-7-10-16-28(22)32)31(26-20-33(5-2)29-17-11-8-14-23(26)29)27-21-34(6-3)30-18-12-9-15-24(27)30;1-5(2,3)4/h7-21H,4-6H2,1-3H3;1H3,(H,2,3,4)/q+1;/p-1. The Bertz CT molecular complexity index is 1760. The molecule has 39 heavy (non-hydrogen) atoms. The van der Waals surface area contributed by atoms with Gasteiger partial charge in [0.05, 0.1) is 21.3 Å². The summed E-state index contributed by atoms with van der Waals surface area (Å²) in [6.07, 6.45) is 7.68. The highest BCUT2D eigenvalue weighted by atomic mass is 32.2. The summed E-state index contributed by atoms with van der Waals surface area (Å²) in [5.74, 6) is 0. The van der Waals surface area contributed by atoms with E-state index in [1.807, 2.05) is 0 Å². The third-order valence-corrected chi connectivity index (χ3v) is 7.20. The molecule has 1 aliphatic rings. The van der Waals surface area contributed by atoms with Gasteiger partial charge in [0.25, 0.3) is 0 Å². The van der Waals surface area contributed by atoms with Crippen molar-refractivity contribution in [2.24, 2.45) is 0 Å². The van der Waals surface area contributed by atoms with E-state index in [-0.39, 0.29) is 0 Å². The molecule has 0 fully saturated rings. The van der Waals surface area contributed by atoms with Crippen molar-refractivity contribution in [1.29, 1.82) is 0 Å².